The third-order valence-corrected chi connectivity index (χ3v) is 10.9. The normalized spacial score (nSPS) is 12.3. The Kier molecular flexibility index (Phi) is 48.5. The molecule has 0 rings (SSSR count). The zero-order chi connectivity index (χ0) is 45.8. The number of allylic oxidation sites excluding steroid dienone is 14. The quantitative estimate of drug-likeness (QED) is 0.0262. The van der Waals surface area contributed by atoms with Gasteiger partial charge < -0.3 is 14.2 Å². The highest BCUT2D eigenvalue weighted by atomic mass is 16.6. The van der Waals surface area contributed by atoms with E-state index in [2.05, 4.69) is 106 Å². The number of esters is 3. The first-order valence-electron chi connectivity index (χ1n) is 26.1. The van der Waals surface area contributed by atoms with Crippen LogP contribution in [-0.2, 0) is 28.6 Å². The van der Waals surface area contributed by atoms with E-state index in [1.165, 1.54) is 51.4 Å². The standard InChI is InChI=1S/C57H96O6/c1-4-7-10-13-16-19-22-25-28-31-34-37-40-43-46-49-55(58)61-52-54(63-57(60)51-48-45-42-39-36-33-30-27-24-21-18-15-12-9-6-3)53-62-56(59)50-47-44-41-38-35-32-29-26-23-20-17-14-11-8-5-2/h7-8,10-11,16-17,19-20,25-30,54H,4-6,9,12-15,18,21-24,31-53H2,1-3H3/b10-7-,11-8-,19-16-,20-17-,28-25-,29-26-,30-27-. The summed E-state index contributed by atoms with van der Waals surface area (Å²) in [5, 5.41) is 0. The highest BCUT2D eigenvalue weighted by Gasteiger charge is 2.19. The van der Waals surface area contributed by atoms with Crippen LogP contribution in [0.3, 0.4) is 0 Å². The maximum atomic E-state index is 12.8. The second kappa shape index (κ2) is 51.2. The van der Waals surface area contributed by atoms with Crippen LogP contribution in [0.1, 0.15) is 239 Å². The summed E-state index contributed by atoms with van der Waals surface area (Å²) in [6, 6.07) is 0. The minimum absolute atomic E-state index is 0.0950. The number of rotatable bonds is 46. The van der Waals surface area contributed by atoms with E-state index in [1.807, 2.05) is 0 Å². The van der Waals surface area contributed by atoms with E-state index in [0.29, 0.717) is 19.3 Å². The molecule has 0 aliphatic rings. The lowest BCUT2D eigenvalue weighted by Gasteiger charge is -2.18. The Balaban J connectivity index is 4.46. The van der Waals surface area contributed by atoms with Crippen molar-refractivity contribution >= 4 is 17.9 Å². The second-order valence-corrected chi connectivity index (χ2v) is 17.0. The van der Waals surface area contributed by atoms with Crippen LogP contribution in [0.25, 0.3) is 0 Å². The number of carbonyl (C=O) groups is 3. The zero-order valence-corrected chi connectivity index (χ0v) is 41.1. The number of carbonyl (C=O) groups excluding carboxylic acids is 3. The minimum atomic E-state index is -0.795. The van der Waals surface area contributed by atoms with Gasteiger partial charge >= 0.3 is 17.9 Å². The molecule has 6 nitrogen and oxygen atoms in total. The van der Waals surface area contributed by atoms with Crippen LogP contribution in [0.4, 0.5) is 0 Å². The Morgan fingerprint density at radius 2 is 0.619 bits per heavy atom. The summed E-state index contributed by atoms with van der Waals surface area (Å²) in [7, 11) is 0. The summed E-state index contributed by atoms with van der Waals surface area (Å²) < 4.78 is 16.8. The van der Waals surface area contributed by atoms with E-state index in [0.717, 1.165) is 148 Å². The van der Waals surface area contributed by atoms with Crippen molar-refractivity contribution in [2.24, 2.45) is 0 Å². The Bertz CT molecular complexity index is 1170. The fourth-order valence-corrected chi connectivity index (χ4v) is 6.99. The predicted molar refractivity (Wildman–Crippen MR) is 270 cm³/mol. The molecule has 6 heteroatoms. The summed E-state index contributed by atoms with van der Waals surface area (Å²) >= 11 is 0. The van der Waals surface area contributed by atoms with E-state index in [9.17, 15) is 14.4 Å². The summed E-state index contributed by atoms with van der Waals surface area (Å²) in [4.78, 5) is 38.0. The fraction of sp³-hybridized carbons (Fsp3) is 0.702. The molecule has 0 aliphatic heterocycles. The molecule has 0 saturated heterocycles. The molecule has 0 N–H and O–H groups in total. The van der Waals surface area contributed by atoms with E-state index in [-0.39, 0.29) is 31.1 Å². The lowest BCUT2D eigenvalue weighted by Crippen LogP contribution is -2.30. The van der Waals surface area contributed by atoms with Gasteiger partial charge in [0.2, 0.25) is 0 Å². The van der Waals surface area contributed by atoms with Crippen LogP contribution >= 0.6 is 0 Å². The van der Waals surface area contributed by atoms with Crippen molar-refractivity contribution in [1.29, 1.82) is 0 Å². The summed E-state index contributed by atoms with van der Waals surface area (Å²) in [6.07, 6.45) is 65.6. The molecule has 0 aromatic heterocycles. The average molecular weight is 877 g/mol. The van der Waals surface area contributed by atoms with Gasteiger partial charge in [0.05, 0.1) is 0 Å². The molecule has 0 heterocycles. The molecule has 0 amide bonds. The molecule has 0 fully saturated rings. The van der Waals surface area contributed by atoms with Gasteiger partial charge in [-0.25, -0.2) is 0 Å². The van der Waals surface area contributed by atoms with Crippen LogP contribution in [-0.4, -0.2) is 37.2 Å². The number of hydrogen-bond acceptors (Lipinski definition) is 6. The Hall–Kier alpha value is -3.41. The van der Waals surface area contributed by atoms with Gasteiger partial charge in [0.1, 0.15) is 13.2 Å². The lowest BCUT2D eigenvalue weighted by atomic mass is 10.1. The monoisotopic (exact) mass is 877 g/mol. The molecule has 0 atom stereocenters. The number of unbranched alkanes of at least 4 members (excludes halogenated alkanes) is 21. The summed E-state index contributed by atoms with van der Waals surface area (Å²) in [6.45, 7) is 6.37. The third kappa shape index (κ3) is 49.5. The van der Waals surface area contributed by atoms with Gasteiger partial charge in [0, 0.05) is 19.3 Å². The van der Waals surface area contributed by atoms with Gasteiger partial charge in [-0.1, -0.05) is 196 Å². The maximum absolute atomic E-state index is 12.8. The Labute approximate surface area is 388 Å². The van der Waals surface area contributed by atoms with E-state index >= 15 is 0 Å². The van der Waals surface area contributed by atoms with Gasteiger partial charge in [-0.3, -0.25) is 14.4 Å². The van der Waals surface area contributed by atoms with Crippen LogP contribution in [0.5, 0.6) is 0 Å². The zero-order valence-electron chi connectivity index (χ0n) is 41.1. The van der Waals surface area contributed by atoms with Crippen molar-refractivity contribution in [3.05, 3.63) is 85.1 Å². The van der Waals surface area contributed by atoms with Crippen molar-refractivity contribution in [1.82, 2.24) is 0 Å². The molecular formula is C57H96O6. The SMILES string of the molecule is CC/C=C\C/C=C\C/C=C\CCCCCCCC(=O)OCC(COC(=O)CCCCCCC/C=C\C/C=C\C/C=C\CC)OC(=O)CCCCCCC/C=C\CCCCCCCC. The van der Waals surface area contributed by atoms with Crippen molar-refractivity contribution in [3.63, 3.8) is 0 Å². The highest BCUT2D eigenvalue weighted by molar-refractivity contribution is 5.71. The molecule has 0 unspecified atom stereocenters. The van der Waals surface area contributed by atoms with Gasteiger partial charge in [-0.2, -0.15) is 0 Å². The van der Waals surface area contributed by atoms with E-state index in [1.54, 1.807) is 0 Å². The topological polar surface area (TPSA) is 78.9 Å². The molecular weight excluding hydrogens is 781 g/mol. The summed E-state index contributed by atoms with van der Waals surface area (Å²) in [5.41, 5.74) is 0. The average Bonchev–Trinajstić information content (AvgIpc) is 3.28. The molecule has 0 aromatic carbocycles. The molecule has 63 heavy (non-hydrogen) atoms. The van der Waals surface area contributed by atoms with Gasteiger partial charge in [0.25, 0.3) is 0 Å². The third-order valence-electron chi connectivity index (χ3n) is 10.9. The fourth-order valence-electron chi connectivity index (χ4n) is 6.99. The number of ether oxygens (including phenoxy) is 3. The van der Waals surface area contributed by atoms with E-state index < -0.39 is 6.10 Å². The Morgan fingerprint density at radius 1 is 0.333 bits per heavy atom. The van der Waals surface area contributed by atoms with Crippen molar-refractivity contribution in [3.8, 4) is 0 Å². The maximum Gasteiger partial charge on any atom is 0.306 e. The van der Waals surface area contributed by atoms with Crippen LogP contribution < -0.4 is 0 Å². The highest BCUT2D eigenvalue weighted by Crippen LogP contribution is 2.14. The summed E-state index contributed by atoms with van der Waals surface area (Å²) in [5.74, 6) is -0.936. The number of hydrogen-bond donors (Lipinski definition) is 0. The molecule has 0 bridgehead atoms. The largest absolute Gasteiger partial charge is 0.462 e. The first kappa shape index (κ1) is 59.6. The van der Waals surface area contributed by atoms with Crippen LogP contribution in [0.2, 0.25) is 0 Å². The molecule has 0 aliphatic carbocycles. The Morgan fingerprint density at radius 3 is 0.984 bits per heavy atom. The lowest BCUT2D eigenvalue weighted by molar-refractivity contribution is -0.167. The van der Waals surface area contributed by atoms with Crippen LogP contribution in [0.15, 0.2) is 85.1 Å². The van der Waals surface area contributed by atoms with Gasteiger partial charge in [-0.05, 0) is 109 Å². The molecule has 0 aromatic rings. The second-order valence-electron chi connectivity index (χ2n) is 17.0. The van der Waals surface area contributed by atoms with Gasteiger partial charge in [0.15, 0.2) is 6.10 Å². The predicted octanol–water partition coefficient (Wildman–Crippen LogP) is 17.2. The first-order valence-corrected chi connectivity index (χ1v) is 26.1. The van der Waals surface area contributed by atoms with Crippen molar-refractivity contribution in [2.45, 2.75) is 245 Å². The van der Waals surface area contributed by atoms with E-state index in [4.69, 9.17) is 14.2 Å². The minimum Gasteiger partial charge on any atom is -0.462 e. The molecule has 0 saturated carbocycles. The molecule has 0 spiro atoms. The first-order chi connectivity index (χ1) is 31.0. The molecule has 360 valence electrons. The van der Waals surface area contributed by atoms with Crippen LogP contribution in [0, 0.1) is 0 Å². The smallest absolute Gasteiger partial charge is 0.306 e. The van der Waals surface area contributed by atoms with Gasteiger partial charge in [-0.15, -0.1) is 0 Å². The van der Waals surface area contributed by atoms with Crippen molar-refractivity contribution in [2.75, 3.05) is 13.2 Å². The molecule has 0 radical (unpaired) electrons. The van der Waals surface area contributed by atoms with Crippen molar-refractivity contribution < 1.29 is 28.6 Å².